The van der Waals surface area contributed by atoms with Crippen LogP contribution < -0.4 is 15.1 Å². The van der Waals surface area contributed by atoms with E-state index in [0.717, 1.165) is 5.56 Å². The number of anilines is 1. The standard InChI is InChI=1S/C21H19N3O4S/c25-21-22-18-10-5-11-19(20(18)23-21)28-17-9-4-8-16(14-17)24-29(26,27)13-12-15-6-2-1-3-7-15/h1-11,14,24H,12-13H2,(H2,22,23,25). The van der Waals surface area contributed by atoms with Gasteiger partial charge in [0, 0.05) is 6.07 Å². The van der Waals surface area contributed by atoms with Gasteiger partial charge < -0.3 is 14.7 Å². The van der Waals surface area contributed by atoms with Gasteiger partial charge in [-0.3, -0.25) is 4.72 Å². The van der Waals surface area contributed by atoms with Gasteiger partial charge >= 0.3 is 5.69 Å². The Labute approximate surface area is 167 Å². The van der Waals surface area contributed by atoms with Crippen LogP contribution in [0.2, 0.25) is 0 Å². The fourth-order valence-corrected chi connectivity index (χ4v) is 4.09. The average Bonchev–Trinajstić information content (AvgIpc) is 3.09. The minimum Gasteiger partial charge on any atom is -0.455 e. The maximum atomic E-state index is 12.4. The molecule has 148 valence electrons. The number of ether oxygens (including phenoxy) is 1. The van der Waals surface area contributed by atoms with Crippen molar-refractivity contribution in [1.29, 1.82) is 0 Å². The van der Waals surface area contributed by atoms with Crippen molar-refractivity contribution in [3.05, 3.63) is 88.8 Å². The summed E-state index contributed by atoms with van der Waals surface area (Å²) in [6.45, 7) is 0. The van der Waals surface area contributed by atoms with Gasteiger partial charge in [-0.25, -0.2) is 13.2 Å². The number of hydrogen-bond acceptors (Lipinski definition) is 4. The molecule has 0 radical (unpaired) electrons. The van der Waals surface area contributed by atoms with Gasteiger partial charge in [-0.15, -0.1) is 0 Å². The molecule has 0 aliphatic carbocycles. The molecule has 4 rings (SSSR count). The van der Waals surface area contributed by atoms with Crippen LogP contribution in [0.4, 0.5) is 5.69 Å². The molecule has 0 saturated heterocycles. The van der Waals surface area contributed by atoms with Crippen LogP contribution in [0.25, 0.3) is 11.0 Å². The molecule has 0 saturated carbocycles. The van der Waals surface area contributed by atoms with Crippen molar-refractivity contribution >= 4 is 26.7 Å². The van der Waals surface area contributed by atoms with Gasteiger partial charge in [0.1, 0.15) is 11.3 Å². The molecule has 0 aliphatic heterocycles. The minimum absolute atomic E-state index is 0.0218. The molecular formula is C21H19N3O4S. The Kier molecular flexibility index (Phi) is 5.09. The lowest BCUT2D eigenvalue weighted by Crippen LogP contribution is -2.18. The van der Waals surface area contributed by atoms with Crippen molar-refractivity contribution in [1.82, 2.24) is 9.97 Å². The van der Waals surface area contributed by atoms with Crippen LogP contribution in [0, 0.1) is 0 Å². The molecule has 0 atom stereocenters. The summed E-state index contributed by atoms with van der Waals surface area (Å²) in [4.78, 5) is 16.9. The highest BCUT2D eigenvalue weighted by Gasteiger charge is 2.12. The van der Waals surface area contributed by atoms with Crippen LogP contribution >= 0.6 is 0 Å². The zero-order valence-electron chi connectivity index (χ0n) is 15.4. The molecule has 3 aromatic carbocycles. The summed E-state index contributed by atoms with van der Waals surface area (Å²) in [6.07, 6.45) is 0.426. The third kappa shape index (κ3) is 4.67. The Bertz CT molecular complexity index is 1290. The van der Waals surface area contributed by atoms with E-state index >= 15 is 0 Å². The van der Waals surface area contributed by atoms with Gasteiger partial charge in [0.05, 0.1) is 17.0 Å². The van der Waals surface area contributed by atoms with E-state index in [1.807, 2.05) is 30.3 Å². The summed E-state index contributed by atoms with van der Waals surface area (Å²) >= 11 is 0. The Hall–Kier alpha value is -3.52. The van der Waals surface area contributed by atoms with Crippen LogP contribution in [0.15, 0.2) is 77.6 Å². The maximum Gasteiger partial charge on any atom is 0.323 e. The third-order valence-electron chi connectivity index (χ3n) is 4.35. The zero-order valence-corrected chi connectivity index (χ0v) is 16.2. The van der Waals surface area contributed by atoms with Crippen molar-refractivity contribution in [2.45, 2.75) is 6.42 Å². The van der Waals surface area contributed by atoms with Crippen molar-refractivity contribution in [2.75, 3.05) is 10.5 Å². The van der Waals surface area contributed by atoms with E-state index in [2.05, 4.69) is 14.7 Å². The topological polar surface area (TPSA) is 104 Å². The van der Waals surface area contributed by atoms with Crippen LogP contribution in [0.1, 0.15) is 5.56 Å². The molecule has 0 unspecified atom stereocenters. The van der Waals surface area contributed by atoms with Gasteiger partial charge in [-0.2, -0.15) is 0 Å². The molecule has 4 aromatic rings. The van der Waals surface area contributed by atoms with Crippen LogP contribution in [0.5, 0.6) is 11.5 Å². The predicted octanol–water partition coefficient (Wildman–Crippen LogP) is 3.63. The highest BCUT2D eigenvalue weighted by Crippen LogP contribution is 2.28. The summed E-state index contributed by atoms with van der Waals surface area (Å²) in [5.41, 5.74) is 2.22. The summed E-state index contributed by atoms with van der Waals surface area (Å²) < 4.78 is 33.3. The van der Waals surface area contributed by atoms with Gasteiger partial charge in [-0.1, -0.05) is 42.5 Å². The van der Waals surface area contributed by atoms with Gasteiger partial charge in [0.2, 0.25) is 10.0 Å². The predicted molar refractivity (Wildman–Crippen MR) is 113 cm³/mol. The summed E-state index contributed by atoms with van der Waals surface area (Å²) in [5, 5.41) is 0. The molecule has 0 aliphatic rings. The number of aryl methyl sites for hydroxylation is 1. The van der Waals surface area contributed by atoms with Gasteiger partial charge in [0.15, 0.2) is 5.75 Å². The molecule has 0 spiro atoms. The van der Waals surface area contributed by atoms with E-state index < -0.39 is 10.0 Å². The van der Waals surface area contributed by atoms with Crippen molar-refractivity contribution in [3.8, 4) is 11.5 Å². The molecule has 29 heavy (non-hydrogen) atoms. The molecule has 3 N–H and O–H groups in total. The Balaban J connectivity index is 1.49. The van der Waals surface area contributed by atoms with E-state index in [9.17, 15) is 13.2 Å². The van der Waals surface area contributed by atoms with Crippen molar-refractivity contribution < 1.29 is 13.2 Å². The quantitative estimate of drug-likeness (QED) is 0.433. The number of benzene rings is 3. The first-order valence-corrected chi connectivity index (χ1v) is 10.7. The largest absolute Gasteiger partial charge is 0.455 e. The second-order valence-corrected chi connectivity index (χ2v) is 8.39. The summed E-state index contributed by atoms with van der Waals surface area (Å²) in [5.74, 6) is 0.888. The Morgan fingerprint density at radius 1 is 0.897 bits per heavy atom. The first-order chi connectivity index (χ1) is 14.0. The van der Waals surface area contributed by atoms with E-state index in [0.29, 0.717) is 34.6 Å². The first-order valence-electron chi connectivity index (χ1n) is 9.02. The SMILES string of the molecule is O=c1[nH]c2cccc(Oc3cccc(NS(=O)(=O)CCc4ccccc4)c3)c2[nH]1. The van der Waals surface area contributed by atoms with Crippen molar-refractivity contribution in [2.24, 2.45) is 0 Å². The lowest BCUT2D eigenvalue weighted by Gasteiger charge is -2.11. The normalized spacial score (nSPS) is 11.4. The maximum absolute atomic E-state index is 12.4. The number of para-hydroxylation sites is 1. The van der Waals surface area contributed by atoms with Crippen LogP contribution in [-0.4, -0.2) is 24.1 Å². The number of nitrogens with one attached hydrogen (secondary N) is 3. The lowest BCUT2D eigenvalue weighted by molar-refractivity contribution is 0.487. The highest BCUT2D eigenvalue weighted by atomic mass is 32.2. The summed E-state index contributed by atoms with van der Waals surface area (Å²) in [6, 6.07) is 21.4. The Morgan fingerprint density at radius 2 is 1.69 bits per heavy atom. The van der Waals surface area contributed by atoms with Crippen molar-refractivity contribution in [3.63, 3.8) is 0 Å². The average molecular weight is 409 g/mol. The molecular weight excluding hydrogens is 390 g/mol. The fraction of sp³-hybridized carbons (Fsp3) is 0.0952. The number of hydrogen-bond donors (Lipinski definition) is 3. The fourth-order valence-electron chi connectivity index (χ4n) is 2.99. The smallest absolute Gasteiger partial charge is 0.323 e. The third-order valence-corrected chi connectivity index (χ3v) is 5.64. The number of imidazole rings is 1. The lowest BCUT2D eigenvalue weighted by atomic mass is 10.2. The first kappa shape index (κ1) is 18.8. The second-order valence-electron chi connectivity index (χ2n) is 6.54. The number of aromatic amines is 2. The van der Waals surface area contributed by atoms with Crippen LogP contribution in [0.3, 0.4) is 0 Å². The van der Waals surface area contributed by atoms with Gasteiger partial charge in [0.25, 0.3) is 0 Å². The monoisotopic (exact) mass is 409 g/mol. The Morgan fingerprint density at radius 3 is 2.52 bits per heavy atom. The number of rotatable bonds is 7. The van der Waals surface area contributed by atoms with Gasteiger partial charge in [-0.05, 0) is 36.2 Å². The number of H-pyrrole nitrogens is 2. The molecule has 0 fully saturated rings. The number of fused-ring (bicyclic) bond motifs is 1. The minimum atomic E-state index is -3.51. The molecule has 1 aromatic heterocycles. The number of aromatic nitrogens is 2. The van der Waals surface area contributed by atoms with E-state index in [-0.39, 0.29) is 11.4 Å². The molecule has 1 heterocycles. The summed E-state index contributed by atoms with van der Waals surface area (Å²) in [7, 11) is -3.51. The van der Waals surface area contributed by atoms with E-state index in [1.54, 1.807) is 42.5 Å². The highest BCUT2D eigenvalue weighted by molar-refractivity contribution is 7.92. The number of sulfonamides is 1. The second kappa shape index (κ2) is 7.84. The van der Waals surface area contributed by atoms with Crippen LogP contribution in [-0.2, 0) is 16.4 Å². The molecule has 0 bridgehead atoms. The zero-order chi connectivity index (χ0) is 20.3. The molecule has 7 nitrogen and oxygen atoms in total. The molecule has 0 amide bonds. The molecule has 8 heteroatoms. The van der Waals surface area contributed by atoms with E-state index in [4.69, 9.17) is 4.74 Å². The van der Waals surface area contributed by atoms with E-state index in [1.165, 1.54) is 0 Å².